The number of H-pyrrole nitrogens is 1. The van der Waals surface area contributed by atoms with Crippen molar-refractivity contribution in [1.82, 2.24) is 9.97 Å². The fourth-order valence-electron chi connectivity index (χ4n) is 2.48. The van der Waals surface area contributed by atoms with Gasteiger partial charge in [0.15, 0.2) is 0 Å². The van der Waals surface area contributed by atoms with Crippen molar-refractivity contribution in [2.45, 2.75) is 19.3 Å². The zero-order chi connectivity index (χ0) is 14.3. The van der Waals surface area contributed by atoms with E-state index in [1.54, 1.807) is 19.1 Å². The highest BCUT2D eigenvalue weighted by atomic mass is 16.3. The fourth-order valence-corrected chi connectivity index (χ4v) is 2.48. The Balaban J connectivity index is 2.17. The van der Waals surface area contributed by atoms with E-state index in [1.165, 1.54) is 12.1 Å². The van der Waals surface area contributed by atoms with Crippen LogP contribution in [0.25, 0.3) is 0 Å². The molecule has 0 saturated heterocycles. The number of anilines is 1. The zero-order valence-corrected chi connectivity index (χ0v) is 10.8. The number of nitrogens with zero attached hydrogens (tertiary/aromatic N) is 1. The Hall–Kier alpha value is -2.63. The first kappa shape index (κ1) is 12.4. The molecule has 6 nitrogen and oxygen atoms in total. The summed E-state index contributed by atoms with van der Waals surface area (Å²) in [6, 6.07) is 6.50. The summed E-state index contributed by atoms with van der Waals surface area (Å²) in [5.41, 5.74) is 1.02. The van der Waals surface area contributed by atoms with E-state index in [4.69, 9.17) is 0 Å². The fraction of sp³-hybridized carbons (Fsp3) is 0.214. The monoisotopic (exact) mass is 271 g/mol. The highest BCUT2D eigenvalue weighted by molar-refractivity contribution is 5.94. The predicted octanol–water partition coefficient (Wildman–Crippen LogP) is 1.26. The molecule has 2 aromatic rings. The summed E-state index contributed by atoms with van der Waals surface area (Å²) in [4.78, 5) is 30.8. The second kappa shape index (κ2) is 4.48. The van der Waals surface area contributed by atoms with Gasteiger partial charge in [0, 0.05) is 12.3 Å². The first-order valence-corrected chi connectivity index (χ1v) is 6.24. The number of benzene rings is 1. The molecule has 20 heavy (non-hydrogen) atoms. The van der Waals surface area contributed by atoms with Gasteiger partial charge in [0.1, 0.15) is 17.4 Å². The number of phenolic OH excluding ortho intramolecular Hbond substituents is 1. The maximum absolute atomic E-state index is 12.1. The first-order valence-electron chi connectivity index (χ1n) is 6.24. The number of nitrogens with one attached hydrogen (secondary N) is 2. The van der Waals surface area contributed by atoms with E-state index in [9.17, 15) is 14.7 Å². The van der Waals surface area contributed by atoms with Crippen LogP contribution in [0.4, 0.5) is 5.82 Å². The van der Waals surface area contributed by atoms with Crippen LogP contribution in [-0.4, -0.2) is 21.0 Å². The summed E-state index contributed by atoms with van der Waals surface area (Å²) < 4.78 is 0. The van der Waals surface area contributed by atoms with Gasteiger partial charge < -0.3 is 15.4 Å². The number of fused-ring (bicyclic) bond motifs is 1. The molecule has 0 fully saturated rings. The topological polar surface area (TPSA) is 95.1 Å². The molecule has 6 heteroatoms. The molecule has 3 N–H and O–H groups in total. The van der Waals surface area contributed by atoms with Crippen molar-refractivity contribution in [2.24, 2.45) is 0 Å². The Bertz CT molecular complexity index is 734. The minimum atomic E-state index is -0.351. The van der Waals surface area contributed by atoms with E-state index in [1.807, 2.05) is 0 Å². The zero-order valence-electron chi connectivity index (χ0n) is 10.8. The summed E-state index contributed by atoms with van der Waals surface area (Å²) in [7, 11) is 0. The molecular weight excluding hydrogens is 258 g/mol. The van der Waals surface area contributed by atoms with Crippen LogP contribution in [0.3, 0.4) is 0 Å². The molecule has 0 radical (unpaired) electrons. The highest BCUT2D eigenvalue weighted by Crippen LogP contribution is 2.34. The van der Waals surface area contributed by atoms with Crippen LogP contribution < -0.4 is 10.9 Å². The number of hydrogen-bond acceptors (Lipinski definition) is 4. The highest BCUT2D eigenvalue weighted by Gasteiger charge is 2.30. The van der Waals surface area contributed by atoms with Gasteiger partial charge in [-0.05, 0) is 24.6 Å². The van der Waals surface area contributed by atoms with Crippen molar-refractivity contribution in [1.29, 1.82) is 0 Å². The van der Waals surface area contributed by atoms with Crippen LogP contribution in [0.1, 0.15) is 29.3 Å². The van der Waals surface area contributed by atoms with Crippen molar-refractivity contribution in [3.63, 3.8) is 0 Å². The quantitative estimate of drug-likeness (QED) is 0.727. The number of aromatic nitrogens is 2. The third-order valence-electron chi connectivity index (χ3n) is 3.36. The average molecular weight is 271 g/mol. The van der Waals surface area contributed by atoms with E-state index in [0.717, 1.165) is 5.56 Å². The van der Waals surface area contributed by atoms with E-state index >= 15 is 0 Å². The Morgan fingerprint density at radius 3 is 2.65 bits per heavy atom. The maximum Gasteiger partial charge on any atom is 0.256 e. The number of aromatic hydroxyl groups is 1. The molecule has 2 heterocycles. The van der Waals surface area contributed by atoms with E-state index in [0.29, 0.717) is 17.2 Å². The van der Waals surface area contributed by atoms with Crippen LogP contribution >= 0.6 is 0 Å². The molecule has 0 aliphatic carbocycles. The Morgan fingerprint density at radius 2 is 1.95 bits per heavy atom. The number of rotatable bonds is 1. The van der Waals surface area contributed by atoms with Gasteiger partial charge in [0.05, 0.1) is 5.56 Å². The normalized spacial score (nSPS) is 17.4. The maximum atomic E-state index is 12.1. The summed E-state index contributed by atoms with van der Waals surface area (Å²) in [5.74, 6) is 0.399. The number of phenols is 1. The second-order valence-electron chi connectivity index (χ2n) is 4.81. The summed E-state index contributed by atoms with van der Waals surface area (Å²) in [5, 5.41) is 12.0. The van der Waals surface area contributed by atoms with Gasteiger partial charge in [-0.25, -0.2) is 4.98 Å². The van der Waals surface area contributed by atoms with Gasteiger partial charge in [-0.2, -0.15) is 0 Å². The minimum absolute atomic E-state index is 0.144. The van der Waals surface area contributed by atoms with Crippen molar-refractivity contribution < 1.29 is 9.90 Å². The molecule has 0 bridgehead atoms. The van der Waals surface area contributed by atoms with Gasteiger partial charge in [0.2, 0.25) is 5.91 Å². The largest absolute Gasteiger partial charge is 0.508 e. The van der Waals surface area contributed by atoms with Crippen LogP contribution in [0.2, 0.25) is 0 Å². The van der Waals surface area contributed by atoms with E-state index in [-0.39, 0.29) is 29.6 Å². The van der Waals surface area contributed by atoms with Crippen LogP contribution in [0.5, 0.6) is 5.75 Å². The lowest BCUT2D eigenvalue weighted by Gasteiger charge is -2.24. The van der Waals surface area contributed by atoms with Crippen molar-refractivity contribution >= 4 is 11.7 Å². The predicted molar refractivity (Wildman–Crippen MR) is 72.8 cm³/mol. The van der Waals surface area contributed by atoms with Gasteiger partial charge in [-0.15, -0.1) is 0 Å². The molecule has 0 spiro atoms. The Morgan fingerprint density at radius 1 is 1.25 bits per heavy atom. The van der Waals surface area contributed by atoms with E-state index in [2.05, 4.69) is 15.3 Å². The molecule has 0 saturated carbocycles. The minimum Gasteiger partial charge on any atom is -0.508 e. The molecular formula is C14H13N3O3. The van der Waals surface area contributed by atoms with E-state index < -0.39 is 0 Å². The van der Waals surface area contributed by atoms with Crippen LogP contribution in [-0.2, 0) is 4.79 Å². The van der Waals surface area contributed by atoms with Gasteiger partial charge in [-0.1, -0.05) is 12.1 Å². The number of aromatic amines is 1. The standard InChI is InChI=1S/C14H13N3O3/c1-7-15-13-12(14(20)16-7)10(6-11(19)17-13)8-2-4-9(18)5-3-8/h2-5,10,18H,6H2,1H3,(H2,15,16,17,19,20)/t10-/m1/s1. The summed E-state index contributed by atoms with van der Waals surface area (Å²) >= 11 is 0. The van der Waals surface area contributed by atoms with Crippen LogP contribution in [0.15, 0.2) is 29.1 Å². The third-order valence-corrected chi connectivity index (χ3v) is 3.36. The summed E-state index contributed by atoms with van der Waals surface area (Å²) in [6.45, 7) is 1.66. The van der Waals surface area contributed by atoms with Crippen LogP contribution in [0, 0.1) is 6.92 Å². The lowest BCUT2D eigenvalue weighted by Crippen LogP contribution is -2.31. The number of aryl methyl sites for hydroxylation is 1. The van der Waals surface area contributed by atoms with Gasteiger partial charge in [0.25, 0.3) is 5.56 Å². The molecule has 1 atom stereocenters. The molecule has 1 aliphatic rings. The van der Waals surface area contributed by atoms with Crippen molar-refractivity contribution in [2.75, 3.05) is 5.32 Å². The number of carbonyl (C=O) groups excluding carboxylic acids is 1. The second-order valence-corrected chi connectivity index (χ2v) is 4.81. The first-order chi connectivity index (χ1) is 9.54. The SMILES string of the molecule is Cc1nc2c(c(=O)[nH]1)[C@@H](c1ccc(O)cc1)CC(=O)N2. The number of amides is 1. The van der Waals surface area contributed by atoms with Gasteiger partial charge in [-0.3, -0.25) is 9.59 Å². The smallest absolute Gasteiger partial charge is 0.256 e. The number of hydrogen-bond donors (Lipinski definition) is 3. The molecule has 1 amide bonds. The lowest BCUT2D eigenvalue weighted by atomic mass is 9.87. The molecule has 0 unspecified atom stereocenters. The average Bonchev–Trinajstić information content (AvgIpc) is 2.37. The van der Waals surface area contributed by atoms with Crippen molar-refractivity contribution in [3.05, 3.63) is 51.6 Å². The molecule has 1 aliphatic heterocycles. The Kier molecular flexibility index (Phi) is 2.78. The summed E-state index contributed by atoms with van der Waals surface area (Å²) in [6.07, 6.45) is 0.186. The number of carbonyl (C=O) groups is 1. The molecule has 3 rings (SSSR count). The molecule has 1 aromatic heterocycles. The Labute approximate surface area is 114 Å². The third kappa shape index (κ3) is 2.05. The van der Waals surface area contributed by atoms with Crippen molar-refractivity contribution in [3.8, 4) is 5.75 Å². The van der Waals surface area contributed by atoms with Gasteiger partial charge >= 0.3 is 0 Å². The molecule has 1 aromatic carbocycles. The lowest BCUT2D eigenvalue weighted by molar-refractivity contribution is -0.116. The molecule has 102 valence electrons.